The molecule has 0 saturated heterocycles. The minimum absolute atomic E-state index is 0. The molecule has 1 aromatic carbocycles. The summed E-state index contributed by atoms with van der Waals surface area (Å²) in [4.78, 5) is 0. The first-order valence-electron chi connectivity index (χ1n) is 6.36. The van der Waals surface area contributed by atoms with Crippen LogP contribution < -0.4 is 10.1 Å². The molecule has 5 heteroatoms. The van der Waals surface area contributed by atoms with E-state index in [2.05, 4.69) is 5.32 Å². The maximum atomic E-state index is 13.7. The van der Waals surface area contributed by atoms with Crippen LogP contribution in [-0.4, -0.2) is 19.7 Å². The van der Waals surface area contributed by atoms with Crippen LogP contribution in [0, 0.1) is 18.6 Å². The normalized spacial score (nSPS) is 11.8. The number of benzene rings is 1. The van der Waals surface area contributed by atoms with Gasteiger partial charge in [-0.2, -0.15) is 4.39 Å². The number of hydrogen-bond acceptors (Lipinski definition) is 2. The van der Waals surface area contributed by atoms with E-state index in [9.17, 15) is 8.78 Å². The van der Waals surface area contributed by atoms with E-state index in [0.29, 0.717) is 5.56 Å². The Morgan fingerprint density at radius 2 is 1.89 bits per heavy atom. The van der Waals surface area contributed by atoms with Crippen molar-refractivity contribution in [2.24, 2.45) is 0 Å². The van der Waals surface area contributed by atoms with Gasteiger partial charge in [0, 0.05) is 0 Å². The van der Waals surface area contributed by atoms with Crippen molar-refractivity contribution < 1.29 is 13.5 Å². The molecule has 0 unspecified atom stereocenters. The van der Waals surface area contributed by atoms with Crippen molar-refractivity contribution in [2.45, 2.75) is 39.2 Å². The number of rotatable bonds is 7. The molecule has 0 aliphatic heterocycles. The van der Waals surface area contributed by atoms with Crippen molar-refractivity contribution in [1.82, 2.24) is 5.32 Å². The van der Waals surface area contributed by atoms with Gasteiger partial charge in [0.15, 0.2) is 11.6 Å². The summed E-state index contributed by atoms with van der Waals surface area (Å²) in [5, 5.41) is 3.03. The molecule has 0 heterocycles. The Bertz CT molecular complexity index is 388. The Morgan fingerprint density at radius 1 is 1.21 bits per heavy atom. The molecule has 0 bridgehead atoms. The predicted octanol–water partition coefficient (Wildman–Crippen LogP) is 3.85. The van der Waals surface area contributed by atoms with Crippen molar-refractivity contribution >= 4 is 12.4 Å². The van der Waals surface area contributed by atoms with Crippen LogP contribution >= 0.6 is 12.4 Å². The molecule has 0 amide bonds. The second-order valence-electron chi connectivity index (χ2n) is 4.43. The number of aryl methyl sites for hydroxylation is 1. The fraction of sp³-hybridized carbons (Fsp3) is 0.571. The highest BCUT2D eigenvalue weighted by atomic mass is 35.5. The second-order valence-corrected chi connectivity index (χ2v) is 4.43. The number of halogens is 3. The van der Waals surface area contributed by atoms with E-state index in [1.54, 1.807) is 0 Å². The topological polar surface area (TPSA) is 21.3 Å². The van der Waals surface area contributed by atoms with E-state index in [1.807, 2.05) is 14.0 Å². The van der Waals surface area contributed by atoms with E-state index in [-0.39, 0.29) is 24.3 Å². The van der Waals surface area contributed by atoms with Gasteiger partial charge >= 0.3 is 0 Å². The average Bonchev–Trinajstić information content (AvgIpc) is 2.36. The number of ether oxygens (including phenoxy) is 1. The quantitative estimate of drug-likeness (QED) is 0.824. The monoisotopic (exact) mass is 293 g/mol. The van der Waals surface area contributed by atoms with E-state index < -0.39 is 11.6 Å². The van der Waals surface area contributed by atoms with E-state index in [0.717, 1.165) is 25.8 Å². The third-order valence-corrected chi connectivity index (χ3v) is 2.86. The number of hydrogen-bond donors (Lipinski definition) is 1. The lowest BCUT2D eigenvalue weighted by Gasteiger charge is -2.19. The maximum Gasteiger partial charge on any atom is 0.200 e. The summed E-state index contributed by atoms with van der Waals surface area (Å²) >= 11 is 0. The molecule has 0 radical (unpaired) electrons. The summed E-state index contributed by atoms with van der Waals surface area (Å²) < 4.78 is 32.7. The Hall–Kier alpha value is -0.870. The molecule has 2 nitrogen and oxygen atoms in total. The fourth-order valence-electron chi connectivity index (χ4n) is 1.79. The van der Waals surface area contributed by atoms with E-state index >= 15 is 0 Å². The van der Waals surface area contributed by atoms with Crippen LogP contribution in [0.5, 0.6) is 5.75 Å². The van der Waals surface area contributed by atoms with Crippen LogP contribution in [0.15, 0.2) is 12.1 Å². The zero-order valence-corrected chi connectivity index (χ0v) is 12.4. The first-order valence-corrected chi connectivity index (χ1v) is 6.36. The van der Waals surface area contributed by atoms with E-state index in [4.69, 9.17) is 4.74 Å². The highest BCUT2D eigenvalue weighted by Crippen LogP contribution is 2.24. The van der Waals surface area contributed by atoms with Gasteiger partial charge in [0.25, 0.3) is 0 Å². The third kappa shape index (κ3) is 5.33. The Balaban J connectivity index is 0.00000324. The molecule has 1 rings (SSSR count). The van der Waals surface area contributed by atoms with Crippen LogP contribution in [0.4, 0.5) is 8.78 Å². The van der Waals surface area contributed by atoms with Crippen LogP contribution in [0.1, 0.15) is 31.7 Å². The highest BCUT2D eigenvalue weighted by Gasteiger charge is 2.16. The largest absolute Gasteiger partial charge is 0.487 e. The van der Waals surface area contributed by atoms with E-state index in [1.165, 1.54) is 19.1 Å². The summed E-state index contributed by atoms with van der Waals surface area (Å²) in [6, 6.07) is 3.03. The second kappa shape index (κ2) is 9.10. The molecular weight excluding hydrogens is 272 g/mol. The van der Waals surface area contributed by atoms with Gasteiger partial charge in [0.2, 0.25) is 5.82 Å². The summed E-state index contributed by atoms with van der Waals surface area (Å²) in [7, 11) is 1.86. The molecule has 0 aliphatic rings. The highest BCUT2D eigenvalue weighted by molar-refractivity contribution is 5.85. The van der Waals surface area contributed by atoms with Gasteiger partial charge in [0.05, 0.1) is 0 Å². The van der Waals surface area contributed by atoms with Crippen LogP contribution in [-0.2, 0) is 0 Å². The molecule has 0 aromatic heterocycles. The lowest BCUT2D eigenvalue weighted by atomic mass is 10.1. The van der Waals surface area contributed by atoms with Crippen LogP contribution in [0.25, 0.3) is 0 Å². The lowest BCUT2D eigenvalue weighted by molar-refractivity contribution is 0.170. The molecular formula is C14H22ClF2NO. The van der Waals surface area contributed by atoms with Gasteiger partial charge in [0.1, 0.15) is 6.10 Å². The summed E-state index contributed by atoms with van der Waals surface area (Å²) in [6.07, 6.45) is 2.47. The molecule has 19 heavy (non-hydrogen) atoms. The Morgan fingerprint density at radius 3 is 2.47 bits per heavy atom. The Kier molecular flexibility index (Phi) is 8.68. The summed E-state index contributed by atoms with van der Waals surface area (Å²) in [6.45, 7) is 4.37. The SMILES string of the molecule is CCC[C@H](CCNC)Oc1ccc(C)c(F)c1F.Cl. The summed E-state index contributed by atoms with van der Waals surface area (Å²) in [5.41, 5.74) is 0.294. The molecule has 1 N–H and O–H groups in total. The Labute approximate surface area is 119 Å². The molecule has 1 aromatic rings. The molecule has 0 spiro atoms. The zero-order valence-electron chi connectivity index (χ0n) is 11.6. The van der Waals surface area contributed by atoms with Crippen LogP contribution in [0.3, 0.4) is 0 Å². The fourth-order valence-corrected chi connectivity index (χ4v) is 1.79. The first-order chi connectivity index (χ1) is 8.60. The van der Waals surface area contributed by atoms with Crippen molar-refractivity contribution in [2.75, 3.05) is 13.6 Å². The van der Waals surface area contributed by atoms with Crippen molar-refractivity contribution in [3.05, 3.63) is 29.3 Å². The molecule has 0 aliphatic carbocycles. The van der Waals surface area contributed by atoms with Gasteiger partial charge < -0.3 is 10.1 Å². The maximum absolute atomic E-state index is 13.7. The average molecular weight is 294 g/mol. The van der Waals surface area contributed by atoms with Gasteiger partial charge in [-0.25, -0.2) is 4.39 Å². The van der Waals surface area contributed by atoms with Crippen LogP contribution in [0.2, 0.25) is 0 Å². The smallest absolute Gasteiger partial charge is 0.200 e. The predicted molar refractivity (Wildman–Crippen MR) is 76.2 cm³/mol. The minimum Gasteiger partial charge on any atom is -0.487 e. The first kappa shape index (κ1) is 18.1. The molecule has 0 fully saturated rings. The lowest BCUT2D eigenvalue weighted by Crippen LogP contribution is -2.23. The van der Waals surface area contributed by atoms with Gasteiger partial charge in [-0.1, -0.05) is 19.4 Å². The van der Waals surface area contributed by atoms with Gasteiger partial charge in [-0.15, -0.1) is 12.4 Å². The summed E-state index contributed by atoms with van der Waals surface area (Å²) in [5.74, 6) is -1.70. The van der Waals surface area contributed by atoms with Gasteiger partial charge in [-0.05, 0) is 45.0 Å². The molecule has 0 saturated carbocycles. The van der Waals surface area contributed by atoms with Crippen molar-refractivity contribution in [1.29, 1.82) is 0 Å². The zero-order chi connectivity index (χ0) is 13.5. The van der Waals surface area contributed by atoms with Gasteiger partial charge in [-0.3, -0.25) is 0 Å². The third-order valence-electron chi connectivity index (χ3n) is 2.86. The molecule has 1 atom stereocenters. The standard InChI is InChI=1S/C14H21F2NO.ClH/c1-4-5-11(8-9-17-3)18-12-7-6-10(2)13(15)14(12)16;/h6-7,11,17H,4-5,8-9H2,1-3H3;1H/t11-;/m1./s1. The van der Waals surface area contributed by atoms with Crippen molar-refractivity contribution in [3.63, 3.8) is 0 Å². The molecule has 110 valence electrons. The number of nitrogens with one attached hydrogen (secondary N) is 1. The minimum atomic E-state index is -0.888. The van der Waals surface area contributed by atoms with Crippen molar-refractivity contribution in [3.8, 4) is 5.75 Å².